The van der Waals surface area contributed by atoms with Crippen LogP contribution in [-0.4, -0.2) is 18.0 Å². The lowest BCUT2D eigenvalue weighted by molar-refractivity contribution is 0.1000. The van der Waals surface area contributed by atoms with Crippen LogP contribution < -0.4 is 15.8 Å². The monoisotopic (exact) mass is 338 g/mol. The molecule has 0 radical (unpaired) electrons. The van der Waals surface area contributed by atoms with Gasteiger partial charge in [-0.05, 0) is 48.2 Å². The summed E-state index contributed by atoms with van der Waals surface area (Å²) in [6.45, 7) is 0. The number of primary amides is 1. The molecule has 0 heterocycles. The summed E-state index contributed by atoms with van der Waals surface area (Å²) in [6, 6.07) is 14.5. The van der Waals surface area contributed by atoms with Crippen molar-refractivity contribution >= 4 is 12.0 Å². The predicted molar refractivity (Wildman–Crippen MR) is 96.4 cm³/mol. The van der Waals surface area contributed by atoms with Crippen LogP contribution in [0.5, 0.6) is 5.75 Å². The third-order valence-electron chi connectivity index (χ3n) is 4.47. The van der Waals surface area contributed by atoms with Gasteiger partial charge in [0.2, 0.25) is 5.91 Å². The van der Waals surface area contributed by atoms with Crippen LogP contribution in [0.2, 0.25) is 0 Å². The minimum atomic E-state index is -0.456. The molecular formula is C20H22N2O3. The zero-order valence-electron chi connectivity index (χ0n) is 14.0. The van der Waals surface area contributed by atoms with Gasteiger partial charge in [0, 0.05) is 11.6 Å². The molecule has 0 aromatic heterocycles. The Morgan fingerprint density at radius 2 is 1.68 bits per heavy atom. The molecule has 2 aromatic carbocycles. The topological polar surface area (TPSA) is 81.4 Å². The summed E-state index contributed by atoms with van der Waals surface area (Å²) in [5, 5.41) is 2.93. The number of nitrogens with two attached hydrogens (primary N) is 1. The Balaban J connectivity index is 1.66. The van der Waals surface area contributed by atoms with Gasteiger partial charge >= 0.3 is 6.09 Å². The molecule has 0 atom stereocenters. The second-order valence-electron chi connectivity index (χ2n) is 6.34. The fraction of sp³-hybridized carbons (Fsp3) is 0.300. The summed E-state index contributed by atoms with van der Waals surface area (Å²) < 4.78 is 5.42. The van der Waals surface area contributed by atoms with E-state index in [1.54, 1.807) is 24.3 Å². The van der Waals surface area contributed by atoms with E-state index in [1.165, 1.54) is 6.42 Å². The van der Waals surface area contributed by atoms with Crippen molar-refractivity contribution in [1.82, 2.24) is 5.32 Å². The van der Waals surface area contributed by atoms with Crippen molar-refractivity contribution in [3.63, 3.8) is 0 Å². The molecule has 0 unspecified atom stereocenters. The lowest BCUT2D eigenvalue weighted by Gasteiger charge is -2.22. The molecule has 130 valence electrons. The number of carbonyl (C=O) groups excluding carboxylic acids is 2. The number of hydrogen-bond donors (Lipinski definition) is 2. The van der Waals surface area contributed by atoms with Gasteiger partial charge in [0.25, 0.3) is 0 Å². The Hall–Kier alpha value is -2.82. The van der Waals surface area contributed by atoms with E-state index in [-0.39, 0.29) is 6.04 Å². The van der Waals surface area contributed by atoms with Crippen molar-refractivity contribution in [3.05, 3.63) is 54.1 Å². The van der Waals surface area contributed by atoms with Crippen LogP contribution in [0, 0.1) is 0 Å². The minimum Gasteiger partial charge on any atom is -0.410 e. The zero-order chi connectivity index (χ0) is 17.6. The van der Waals surface area contributed by atoms with Crippen molar-refractivity contribution in [1.29, 1.82) is 0 Å². The van der Waals surface area contributed by atoms with E-state index in [0.29, 0.717) is 11.3 Å². The molecule has 1 aliphatic carbocycles. The number of carbonyl (C=O) groups is 2. The molecular weight excluding hydrogens is 316 g/mol. The summed E-state index contributed by atoms with van der Waals surface area (Å²) in [5.74, 6) is 0.0350. The van der Waals surface area contributed by atoms with Gasteiger partial charge in [-0.2, -0.15) is 0 Å². The Kier molecular flexibility index (Phi) is 5.33. The minimum absolute atomic E-state index is 0.214. The summed E-state index contributed by atoms with van der Waals surface area (Å²) in [7, 11) is 0. The molecule has 5 nitrogen and oxygen atoms in total. The average Bonchev–Trinajstić information content (AvgIpc) is 2.63. The molecule has 1 aliphatic rings. The van der Waals surface area contributed by atoms with Gasteiger partial charge in [-0.15, -0.1) is 0 Å². The van der Waals surface area contributed by atoms with Crippen molar-refractivity contribution in [2.75, 3.05) is 0 Å². The molecule has 25 heavy (non-hydrogen) atoms. The first kappa shape index (κ1) is 17.0. The Labute approximate surface area is 147 Å². The SMILES string of the molecule is NC(=O)c1ccc(-c2cccc(OC(=O)NC3CCCCC3)c2)cc1. The van der Waals surface area contributed by atoms with E-state index in [0.717, 1.165) is 36.8 Å². The van der Waals surface area contributed by atoms with Gasteiger partial charge in [0.15, 0.2) is 0 Å². The molecule has 0 spiro atoms. The highest BCUT2D eigenvalue weighted by molar-refractivity contribution is 5.93. The lowest BCUT2D eigenvalue weighted by atomic mass is 9.96. The van der Waals surface area contributed by atoms with Crippen molar-refractivity contribution in [3.8, 4) is 16.9 Å². The summed E-state index contributed by atoms with van der Waals surface area (Å²) >= 11 is 0. The standard InChI is InChI=1S/C20H22N2O3/c21-19(23)15-11-9-14(10-12-15)16-5-4-8-18(13-16)25-20(24)22-17-6-2-1-3-7-17/h4-5,8-13,17H,1-3,6-7H2,(H2,21,23)(H,22,24). The largest absolute Gasteiger partial charge is 0.412 e. The van der Waals surface area contributed by atoms with Crippen LogP contribution in [-0.2, 0) is 0 Å². The van der Waals surface area contributed by atoms with E-state index in [2.05, 4.69) is 5.32 Å². The molecule has 1 saturated carbocycles. The normalized spacial score (nSPS) is 14.7. The smallest absolute Gasteiger partial charge is 0.410 e. The maximum atomic E-state index is 12.1. The first-order valence-electron chi connectivity index (χ1n) is 8.60. The first-order valence-corrected chi connectivity index (χ1v) is 8.60. The number of nitrogens with one attached hydrogen (secondary N) is 1. The van der Waals surface area contributed by atoms with E-state index in [9.17, 15) is 9.59 Å². The number of benzene rings is 2. The van der Waals surface area contributed by atoms with Crippen molar-refractivity contribution in [2.24, 2.45) is 5.73 Å². The highest BCUT2D eigenvalue weighted by Crippen LogP contribution is 2.24. The number of rotatable bonds is 4. The molecule has 1 fully saturated rings. The van der Waals surface area contributed by atoms with Crippen LogP contribution in [0.4, 0.5) is 4.79 Å². The molecule has 0 saturated heterocycles. The maximum absolute atomic E-state index is 12.1. The zero-order valence-corrected chi connectivity index (χ0v) is 14.0. The molecule has 2 amide bonds. The van der Waals surface area contributed by atoms with Crippen LogP contribution in [0.3, 0.4) is 0 Å². The Bertz CT molecular complexity index is 750. The van der Waals surface area contributed by atoms with Crippen molar-refractivity contribution in [2.45, 2.75) is 38.1 Å². The number of hydrogen-bond acceptors (Lipinski definition) is 3. The van der Waals surface area contributed by atoms with E-state index < -0.39 is 12.0 Å². The third-order valence-corrected chi connectivity index (χ3v) is 4.47. The van der Waals surface area contributed by atoms with Crippen LogP contribution >= 0.6 is 0 Å². The first-order chi connectivity index (χ1) is 12.1. The summed E-state index contributed by atoms with van der Waals surface area (Å²) in [5.41, 5.74) is 7.54. The molecule has 0 bridgehead atoms. The molecule has 2 aromatic rings. The summed E-state index contributed by atoms with van der Waals surface area (Å²) in [6.07, 6.45) is 5.17. The van der Waals surface area contributed by atoms with E-state index in [4.69, 9.17) is 10.5 Å². The third kappa shape index (κ3) is 4.59. The van der Waals surface area contributed by atoms with Gasteiger partial charge in [0.05, 0.1) is 0 Å². The Morgan fingerprint density at radius 3 is 2.36 bits per heavy atom. The molecule has 0 aliphatic heterocycles. The quantitative estimate of drug-likeness (QED) is 0.888. The van der Waals surface area contributed by atoms with Crippen LogP contribution in [0.25, 0.3) is 11.1 Å². The second-order valence-corrected chi connectivity index (χ2v) is 6.34. The average molecular weight is 338 g/mol. The van der Waals surface area contributed by atoms with Gasteiger partial charge in [-0.25, -0.2) is 4.79 Å². The second kappa shape index (κ2) is 7.83. The molecule has 3 N–H and O–H groups in total. The van der Waals surface area contributed by atoms with Crippen molar-refractivity contribution < 1.29 is 14.3 Å². The lowest BCUT2D eigenvalue weighted by Crippen LogP contribution is -2.37. The molecule has 3 rings (SSSR count). The van der Waals surface area contributed by atoms with E-state index >= 15 is 0 Å². The fourth-order valence-corrected chi connectivity index (χ4v) is 3.12. The highest BCUT2D eigenvalue weighted by atomic mass is 16.6. The van der Waals surface area contributed by atoms with Crippen LogP contribution in [0.15, 0.2) is 48.5 Å². The number of amides is 2. The highest BCUT2D eigenvalue weighted by Gasteiger charge is 2.16. The number of ether oxygens (including phenoxy) is 1. The predicted octanol–water partition coefficient (Wildman–Crippen LogP) is 3.87. The van der Waals surface area contributed by atoms with E-state index in [1.807, 2.05) is 24.3 Å². The summed E-state index contributed by atoms with van der Waals surface area (Å²) in [4.78, 5) is 23.2. The maximum Gasteiger partial charge on any atom is 0.412 e. The molecule has 5 heteroatoms. The van der Waals surface area contributed by atoms with Gasteiger partial charge in [-0.1, -0.05) is 43.5 Å². The van der Waals surface area contributed by atoms with Crippen LogP contribution in [0.1, 0.15) is 42.5 Å². The van der Waals surface area contributed by atoms with Gasteiger partial charge < -0.3 is 15.8 Å². The Morgan fingerprint density at radius 1 is 0.960 bits per heavy atom. The van der Waals surface area contributed by atoms with Gasteiger partial charge in [-0.3, -0.25) is 4.79 Å². The van der Waals surface area contributed by atoms with Gasteiger partial charge in [0.1, 0.15) is 5.75 Å². The fourth-order valence-electron chi connectivity index (χ4n) is 3.12.